The van der Waals surface area contributed by atoms with Gasteiger partial charge in [0.25, 0.3) is 0 Å². The van der Waals surface area contributed by atoms with Crippen LogP contribution in [0.5, 0.6) is 0 Å². The molecule has 1 aliphatic rings. The maximum absolute atomic E-state index is 10.8. The summed E-state index contributed by atoms with van der Waals surface area (Å²) in [5.74, 6) is -1.32. The van der Waals surface area contributed by atoms with E-state index in [4.69, 9.17) is 14.4 Å². The van der Waals surface area contributed by atoms with Crippen molar-refractivity contribution in [1.82, 2.24) is 9.78 Å². The molecule has 0 spiro atoms. The van der Waals surface area contributed by atoms with Gasteiger partial charge in [0.15, 0.2) is 0 Å². The van der Waals surface area contributed by atoms with E-state index in [0.29, 0.717) is 6.54 Å². The number of hydrogen-bond acceptors (Lipinski definition) is 4. The fourth-order valence-electron chi connectivity index (χ4n) is 1.94. The molecular formula is C13H21BN2O4. The maximum Gasteiger partial charge on any atom is 0.498 e. The van der Waals surface area contributed by atoms with Crippen molar-refractivity contribution >= 4 is 18.6 Å². The van der Waals surface area contributed by atoms with Gasteiger partial charge in [-0.25, -0.2) is 0 Å². The molecule has 0 aromatic carbocycles. The summed E-state index contributed by atoms with van der Waals surface area (Å²) in [5.41, 5.74) is 0.0173. The summed E-state index contributed by atoms with van der Waals surface area (Å²) in [6.45, 7) is 9.94. The Morgan fingerprint density at radius 1 is 1.40 bits per heavy atom. The van der Waals surface area contributed by atoms with Gasteiger partial charge in [-0.1, -0.05) is 6.92 Å². The topological polar surface area (TPSA) is 73.6 Å². The van der Waals surface area contributed by atoms with E-state index in [1.54, 1.807) is 24.0 Å². The van der Waals surface area contributed by atoms with Crippen molar-refractivity contribution in [3.8, 4) is 0 Å². The second kappa shape index (κ2) is 4.89. The lowest BCUT2D eigenvalue weighted by Gasteiger charge is -2.32. The van der Waals surface area contributed by atoms with Gasteiger partial charge in [0.1, 0.15) is 0 Å². The fraction of sp³-hybridized carbons (Fsp3) is 0.692. The van der Waals surface area contributed by atoms with Gasteiger partial charge in [-0.15, -0.1) is 0 Å². The van der Waals surface area contributed by atoms with Gasteiger partial charge in [0, 0.05) is 17.9 Å². The molecule has 1 aromatic rings. The number of aliphatic carboxylic acids is 1. The van der Waals surface area contributed by atoms with Crippen LogP contribution in [0.25, 0.3) is 0 Å². The summed E-state index contributed by atoms with van der Waals surface area (Å²) in [6.07, 6.45) is 3.44. The molecule has 1 fully saturated rings. The minimum absolute atomic E-state index is 0.328. The quantitative estimate of drug-likeness (QED) is 0.830. The van der Waals surface area contributed by atoms with Crippen LogP contribution in [0.4, 0.5) is 0 Å². The van der Waals surface area contributed by atoms with Crippen LogP contribution >= 0.6 is 0 Å². The second-order valence-corrected chi connectivity index (χ2v) is 6.32. The molecule has 6 nitrogen and oxygen atoms in total. The molecule has 1 N–H and O–H groups in total. The van der Waals surface area contributed by atoms with Gasteiger partial charge in [-0.2, -0.15) is 5.10 Å². The number of hydrogen-bond donors (Lipinski definition) is 1. The highest BCUT2D eigenvalue weighted by molar-refractivity contribution is 6.61. The largest absolute Gasteiger partial charge is 0.498 e. The maximum atomic E-state index is 10.8. The zero-order valence-corrected chi connectivity index (χ0v) is 12.6. The van der Waals surface area contributed by atoms with Crippen LogP contribution in [0, 0.1) is 5.92 Å². The Morgan fingerprint density at radius 3 is 2.45 bits per heavy atom. The van der Waals surface area contributed by atoms with Crippen molar-refractivity contribution in [3.05, 3.63) is 12.4 Å². The van der Waals surface area contributed by atoms with Crippen molar-refractivity contribution in [2.24, 2.45) is 5.92 Å². The molecule has 0 aliphatic carbocycles. The number of rotatable bonds is 4. The molecule has 110 valence electrons. The van der Waals surface area contributed by atoms with E-state index in [0.717, 1.165) is 5.46 Å². The predicted molar refractivity (Wildman–Crippen MR) is 74.7 cm³/mol. The van der Waals surface area contributed by atoms with E-state index in [1.807, 2.05) is 27.7 Å². The molecule has 0 bridgehead atoms. The van der Waals surface area contributed by atoms with Gasteiger partial charge >= 0.3 is 13.1 Å². The molecule has 1 unspecified atom stereocenters. The fourth-order valence-corrected chi connectivity index (χ4v) is 1.94. The van der Waals surface area contributed by atoms with E-state index < -0.39 is 30.2 Å². The highest BCUT2D eigenvalue weighted by atomic mass is 16.7. The van der Waals surface area contributed by atoms with Crippen LogP contribution < -0.4 is 5.46 Å². The first-order chi connectivity index (χ1) is 9.12. The molecule has 2 rings (SSSR count). The van der Waals surface area contributed by atoms with Crippen LogP contribution in [0.3, 0.4) is 0 Å². The summed E-state index contributed by atoms with van der Waals surface area (Å²) < 4.78 is 13.5. The molecule has 0 saturated carbocycles. The predicted octanol–water partition coefficient (Wildman–Crippen LogP) is 0.903. The monoisotopic (exact) mass is 280 g/mol. The number of carboxylic acid groups (broad SMARTS) is 1. The molecule has 20 heavy (non-hydrogen) atoms. The van der Waals surface area contributed by atoms with Gasteiger partial charge in [0.2, 0.25) is 0 Å². The summed E-state index contributed by atoms with van der Waals surface area (Å²) in [6, 6.07) is 0. The highest BCUT2D eigenvalue weighted by Gasteiger charge is 2.52. The van der Waals surface area contributed by atoms with Crippen LogP contribution in [0.1, 0.15) is 34.6 Å². The Morgan fingerprint density at radius 2 is 1.95 bits per heavy atom. The van der Waals surface area contributed by atoms with Crippen molar-refractivity contribution < 1.29 is 19.2 Å². The summed E-state index contributed by atoms with van der Waals surface area (Å²) >= 11 is 0. The SMILES string of the molecule is CC(Cn1cc(B2OC(C)(C)C(C)(C)O2)cn1)C(=O)O. The normalized spacial score (nSPS) is 21.9. The lowest BCUT2D eigenvalue weighted by atomic mass is 9.82. The van der Waals surface area contributed by atoms with Crippen molar-refractivity contribution in [3.63, 3.8) is 0 Å². The number of nitrogens with zero attached hydrogens (tertiary/aromatic N) is 2. The third-order valence-electron chi connectivity index (χ3n) is 4.06. The standard InChI is InChI=1S/C13H21BN2O4/c1-9(11(17)18)7-16-8-10(6-15-16)14-19-12(2,3)13(4,5)20-14/h6,8-9H,7H2,1-5H3,(H,17,18). The molecule has 0 amide bonds. The zero-order chi connectivity index (χ0) is 15.1. The van der Waals surface area contributed by atoms with E-state index in [9.17, 15) is 4.79 Å². The first kappa shape index (κ1) is 15.1. The molecular weight excluding hydrogens is 259 g/mol. The van der Waals surface area contributed by atoms with E-state index in [-0.39, 0.29) is 0 Å². The minimum atomic E-state index is -0.835. The summed E-state index contributed by atoms with van der Waals surface area (Å²) in [7, 11) is -0.464. The van der Waals surface area contributed by atoms with Crippen molar-refractivity contribution in [1.29, 1.82) is 0 Å². The Hall–Kier alpha value is -1.34. The summed E-state index contributed by atoms with van der Waals surface area (Å²) in [4.78, 5) is 10.8. The van der Waals surface area contributed by atoms with Gasteiger partial charge < -0.3 is 14.4 Å². The van der Waals surface area contributed by atoms with E-state index >= 15 is 0 Å². The first-order valence-electron chi connectivity index (χ1n) is 6.73. The van der Waals surface area contributed by atoms with Gasteiger partial charge in [-0.3, -0.25) is 9.48 Å². The van der Waals surface area contributed by atoms with Crippen molar-refractivity contribution in [2.45, 2.75) is 52.4 Å². The number of carboxylic acids is 1. The average molecular weight is 280 g/mol. The van der Waals surface area contributed by atoms with Crippen LogP contribution in [-0.2, 0) is 20.6 Å². The molecule has 1 saturated heterocycles. The van der Waals surface area contributed by atoms with E-state index in [1.165, 1.54) is 0 Å². The molecule has 0 radical (unpaired) electrons. The number of carbonyl (C=O) groups is 1. The minimum Gasteiger partial charge on any atom is -0.481 e. The van der Waals surface area contributed by atoms with Crippen LogP contribution in [-0.4, -0.2) is 39.2 Å². The van der Waals surface area contributed by atoms with E-state index in [2.05, 4.69) is 5.10 Å². The Bertz CT molecular complexity index is 496. The first-order valence-corrected chi connectivity index (χ1v) is 6.73. The molecule has 2 heterocycles. The smallest absolute Gasteiger partial charge is 0.481 e. The molecule has 7 heteroatoms. The van der Waals surface area contributed by atoms with Gasteiger partial charge in [-0.05, 0) is 27.7 Å². The van der Waals surface area contributed by atoms with Gasteiger partial charge in [0.05, 0.1) is 23.7 Å². The highest BCUT2D eigenvalue weighted by Crippen LogP contribution is 2.36. The number of aromatic nitrogens is 2. The van der Waals surface area contributed by atoms with Crippen LogP contribution in [0.15, 0.2) is 12.4 Å². The second-order valence-electron chi connectivity index (χ2n) is 6.32. The lowest BCUT2D eigenvalue weighted by Crippen LogP contribution is -2.41. The lowest BCUT2D eigenvalue weighted by molar-refractivity contribution is -0.141. The Labute approximate surface area is 119 Å². The third-order valence-corrected chi connectivity index (χ3v) is 4.06. The molecule has 1 aliphatic heterocycles. The van der Waals surface area contributed by atoms with Crippen molar-refractivity contribution in [2.75, 3.05) is 0 Å². The molecule has 1 aromatic heterocycles. The third kappa shape index (κ3) is 2.74. The Kier molecular flexibility index (Phi) is 3.68. The molecule has 1 atom stereocenters. The zero-order valence-electron chi connectivity index (χ0n) is 12.6. The summed E-state index contributed by atoms with van der Waals surface area (Å²) in [5, 5.41) is 13.1. The Balaban J connectivity index is 2.09. The average Bonchev–Trinajstić information content (AvgIpc) is 2.82. The van der Waals surface area contributed by atoms with Crippen LogP contribution in [0.2, 0.25) is 0 Å².